The van der Waals surface area contributed by atoms with E-state index in [0.717, 1.165) is 25.2 Å². The Bertz CT molecular complexity index is 894. The van der Waals surface area contributed by atoms with Gasteiger partial charge >= 0.3 is 0 Å². The summed E-state index contributed by atoms with van der Waals surface area (Å²) >= 11 is 0. The predicted molar refractivity (Wildman–Crippen MR) is 95.5 cm³/mol. The van der Waals surface area contributed by atoms with Gasteiger partial charge in [0.15, 0.2) is 0 Å². The molecular weight excluding hydrogens is 385 g/mol. The third-order valence-corrected chi connectivity index (χ3v) is 9.60. The summed E-state index contributed by atoms with van der Waals surface area (Å²) in [7, 11) is -3.65. The maximum absolute atomic E-state index is 13.1. The first-order valence-corrected chi connectivity index (χ1v) is 11.7. The average Bonchev–Trinajstić information content (AvgIpc) is 3.26. The molecule has 4 unspecified atom stereocenters. The molecule has 2 heterocycles. The molecule has 4 bridgehead atoms. The minimum Gasteiger partial charge on any atom is -0.312 e. The second-order valence-electron chi connectivity index (χ2n) is 9.13. The molecule has 0 radical (unpaired) electrons. The lowest BCUT2D eigenvalue weighted by atomic mass is 9.78. The highest BCUT2D eigenvalue weighted by atomic mass is 32.2. The van der Waals surface area contributed by atoms with E-state index in [0.29, 0.717) is 43.7 Å². The van der Waals surface area contributed by atoms with Crippen LogP contribution < -0.4 is 0 Å². The zero-order valence-electron chi connectivity index (χ0n) is 15.6. The van der Waals surface area contributed by atoms with Gasteiger partial charge in [-0.3, -0.25) is 0 Å². The molecule has 28 heavy (non-hydrogen) atoms. The topological polar surface area (TPSA) is 65.1 Å². The molecule has 6 fully saturated rings. The Kier molecular flexibility index (Phi) is 3.65. The Morgan fingerprint density at radius 3 is 2.46 bits per heavy atom. The highest BCUT2D eigenvalue weighted by molar-refractivity contribution is 7.89. The third-order valence-electron chi connectivity index (χ3n) is 7.69. The number of nitrogens with zero attached hydrogens (tertiary/aromatic N) is 1. The quantitative estimate of drug-likeness (QED) is 0.703. The highest BCUT2D eigenvalue weighted by Gasteiger charge is 2.70. The Morgan fingerprint density at radius 2 is 1.75 bits per heavy atom. The molecule has 2 aliphatic heterocycles. The van der Waals surface area contributed by atoms with Gasteiger partial charge in [-0.2, -0.15) is 14.1 Å². The van der Waals surface area contributed by atoms with E-state index in [1.165, 1.54) is 35.0 Å². The molecule has 0 N–H and O–H groups in total. The summed E-state index contributed by atoms with van der Waals surface area (Å²) in [6.07, 6.45) is 5.62. The van der Waals surface area contributed by atoms with Crippen LogP contribution in [0.3, 0.4) is 0 Å². The van der Waals surface area contributed by atoms with Crippen LogP contribution in [0.2, 0.25) is 0 Å². The van der Waals surface area contributed by atoms with E-state index in [4.69, 9.17) is 14.5 Å². The van der Waals surface area contributed by atoms with E-state index in [2.05, 4.69) is 0 Å². The molecule has 0 aromatic heterocycles. The second kappa shape index (κ2) is 5.76. The minimum atomic E-state index is -3.65. The van der Waals surface area contributed by atoms with Crippen molar-refractivity contribution in [3.05, 3.63) is 30.1 Å². The maximum Gasteiger partial charge on any atom is 0.243 e. The molecule has 8 heteroatoms. The molecule has 5 atom stereocenters. The first kappa shape index (κ1) is 17.8. The van der Waals surface area contributed by atoms with Crippen LogP contribution >= 0.6 is 0 Å². The van der Waals surface area contributed by atoms with Crippen molar-refractivity contribution < 1.29 is 27.3 Å². The smallest absolute Gasteiger partial charge is 0.243 e. The third kappa shape index (κ3) is 2.35. The van der Waals surface area contributed by atoms with Gasteiger partial charge < -0.3 is 4.74 Å². The molecular formula is C20H24FNO5S. The van der Waals surface area contributed by atoms with Crippen LogP contribution in [0.25, 0.3) is 0 Å². The van der Waals surface area contributed by atoms with Gasteiger partial charge in [0.1, 0.15) is 5.82 Å². The Morgan fingerprint density at radius 1 is 1.00 bits per heavy atom. The van der Waals surface area contributed by atoms with Crippen molar-refractivity contribution in [3.63, 3.8) is 0 Å². The molecule has 6 aliphatic rings. The Hall–Kier alpha value is -1.06. The van der Waals surface area contributed by atoms with Crippen LogP contribution in [0.5, 0.6) is 0 Å². The van der Waals surface area contributed by atoms with Crippen molar-refractivity contribution >= 4 is 10.0 Å². The molecule has 2 spiro atoms. The van der Waals surface area contributed by atoms with Crippen molar-refractivity contribution in [2.45, 2.75) is 55.0 Å². The van der Waals surface area contributed by atoms with Crippen LogP contribution in [0.15, 0.2) is 29.2 Å². The second-order valence-corrected chi connectivity index (χ2v) is 11.1. The number of piperidine rings is 1. The molecule has 4 aliphatic carbocycles. The number of sulfonamides is 1. The first-order chi connectivity index (χ1) is 13.4. The predicted octanol–water partition coefficient (Wildman–Crippen LogP) is 3.05. The van der Waals surface area contributed by atoms with E-state index in [9.17, 15) is 12.8 Å². The molecule has 4 saturated carbocycles. The van der Waals surface area contributed by atoms with E-state index in [-0.39, 0.29) is 4.90 Å². The summed E-state index contributed by atoms with van der Waals surface area (Å²) in [5.74, 6) is 0.388. The van der Waals surface area contributed by atoms with Gasteiger partial charge in [-0.25, -0.2) is 12.8 Å². The largest absolute Gasteiger partial charge is 0.312 e. The highest BCUT2D eigenvalue weighted by Crippen LogP contribution is 2.67. The average molecular weight is 409 g/mol. The normalized spacial score (nSPS) is 41.5. The fourth-order valence-electron chi connectivity index (χ4n) is 6.44. The van der Waals surface area contributed by atoms with Gasteiger partial charge in [0.05, 0.1) is 4.90 Å². The van der Waals surface area contributed by atoms with Crippen LogP contribution in [0, 0.1) is 29.5 Å². The van der Waals surface area contributed by atoms with Crippen LogP contribution in [-0.2, 0) is 24.5 Å². The molecule has 1 aromatic carbocycles. The number of benzene rings is 1. The van der Waals surface area contributed by atoms with E-state index < -0.39 is 27.4 Å². The molecule has 2 saturated heterocycles. The minimum absolute atomic E-state index is 0.107. The summed E-state index contributed by atoms with van der Waals surface area (Å²) in [6, 6.07) is 4.95. The summed E-state index contributed by atoms with van der Waals surface area (Å²) in [5.41, 5.74) is 0. The monoisotopic (exact) mass is 409 g/mol. The molecule has 152 valence electrons. The summed E-state index contributed by atoms with van der Waals surface area (Å²) in [5, 5.41) is 0. The molecule has 6 nitrogen and oxygen atoms in total. The zero-order valence-corrected chi connectivity index (χ0v) is 16.4. The van der Waals surface area contributed by atoms with Crippen LogP contribution in [-0.4, -0.2) is 37.4 Å². The Balaban J connectivity index is 1.18. The van der Waals surface area contributed by atoms with E-state index in [1.54, 1.807) is 0 Å². The lowest BCUT2D eigenvalue weighted by Crippen LogP contribution is -2.51. The van der Waals surface area contributed by atoms with Gasteiger partial charge in [-0.1, -0.05) is 0 Å². The summed E-state index contributed by atoms with van der Waals surface area (Å²) in [4.78, 5) is 11.9. The van der Waals surface area contributed by atoms with Gasteiger partial charge in [-0.15, -0.1) is 0 Å². The fourth-order valence-corrected chi connectivity index (χ4v) is 7.89. The SMILES string of the molecule is O=S(=O)(c1ccc(F)cc1)N1CCC2(CC1)OO[C@]1(O2)C2CC3CC(C2)C1C3. The van der Waals surface area contributed by atoms with Crippen molar-refractivity contribution in [2.75, 3.05) is 13.1 Å². The lowest BCUT2D eigenvalue weighted by molar-refractivity contribution is -0.370. The maximum atomic E-state index is 13.1. The van der Waals surface area contributed by atoms with Gasteiger partial charge in [0.2, 0.25) is 21.6 Å². The number of rotatable bonds is 2. The van der Waals surface area contributed by atoms with Crippen LogP contribution in [0.4, 0.5) is 4.39 Å². The standard InChI is InChI=1S/C20H24FNO5S/c21-16-1-3-17(4-2-16)28(23,24)22-7-5-19(6-8-22)25-20(27-26-19)15-10-13-9-14(12-15)18(20)11-13/h1-4,13-15,18H,5-12H2/t13?,14?,15?,18?,20-/m1/s1. The Labute approximate surface area is 163 Å². The first-order valence-electron chi connectivity index (χ1n) is 10.2. The molecule has 1 aromatic rings. The number of hydrogen-bond donors (Lipinski definition) is 0. The van der Waals surface area contributed by atoms with Crippen molar-refractivity contribution in [1.29, 1.82) is 0 Å². The molecule has 7 rings (SSSR count). The zero-order chi connectivity index (χ0) is 19.1. The van der Waals surface area contributed by atoms with Crippen molar-refractivity contribution in [2.24, 2.45) is 23.7 Å². The molecule has 0 amide bonds. The number of hydrogen-bond acceptors (Lipinski definition) is 5. The van der Waals surface area contributed by atoms with Gasteiger partial charge in [0.25, 0.3) is 0 Å². The lowest BCUT2D eigenvalue weighted by Gasteiger charge is -2.40. The van der Waals surface area contributed by atoms with E-state index >= 15 is 0 Å². The van der Waals surface area contributed by atoms with Crippen molar-refractivity contribution in [3.8, 4) is 0 Å². The van der Waals surface area contributed by atoms with Crippen LogP contribution in [0.1, 0.15) is 38.5 Å². The summed E-state index contributed by atoms with van der Waals surface area (Å²) in [6.45, 7) is 0.584. The van der Waals surface area contributed by atoms with Gasteiger partial charge in [0, 0.05) is 37.8 Å². The number of halogens is 1. The van der Waals surface area contributed by atoms with E-state index in [1.807, 2.05) is 0 Å². The number of ether oxygens (including phenoxy) is 1. The fraction of sp³-hybridized carbons (Fsp3) is 0.700. The summed E-state index contributed by atoms with van der Waals surface area (Å²) < 4.78 is 46.8. The van der Waals surface area contributed by atoms with Crippen molar-refractivity contribution in [1.82, 2.24) is 4.31 Å². The van der Waals surface area contributed by atoms with Gasteiger partial charge in [-0.05, 0) is 61.8 Å².